The average Bonchev–Trinajstić information content (AvgIpc) is 2.40. The van der Waals surface area contributed by atoms with Gasteiger partial charge in [0.25, 0.3) is 0 Å². The minimum atomic E-state index is 0.0783. The Bertz CT molecular complexity index is 371. The largest absolute Gasteiger partial charge is 0.507 e. The molecule has 1 unspecified atom stereocenters. The van der Waals surface area contributed by atoms with E-state index in [4.69, 9.17) is 0 Å². The Morgan fingerprint density at radius 3 is 2.61 bits per heavy atom. The Hall–Kier alpha value is -1.31. The second-order valence-electron chi connectivity index (χ2n) is 4.89. The summed E-state index contributed by atoms with van der Waals surface area (Å²) in [6, 6.07) is 5.40. The standard InChI is InChI=1S/C16H24O2/c1-3-5-6-7-8-13(4-2)14-9-10-16(18)15(11-14)12-17/h9-13,18H,3-8H2,1-2H3. The van der Waals surface area contributed by atoms with Crippen LogP contribution in [0.15, 0.2) is 18.2 Å². The van der Waals surface area contributed by atoms with Gasteiger partial charge in [-0.25, -0.2) is 0 Å². The summed E-state index contributed by atoms with van der Waals surface area (Å²) in [5.41, 5.74) is 1.58. The highest BCUT2D eigenvalue weighted by Gasteiger charge is 2.11. The zero-order valence-corrected chi connectivity index (χ0v) is 11.5. The third-order valence-electron chi connectivity index (χ3n) is 3.55. The molecule has 1 N–H and O–H groups in total. The van der Waals surface area contributed by atoms with Crippen molar-refractivity contribution in [3.05, 3.63) is 29.3 Å². The Morgan fingerprint density at radius 1 is 1.22 bits per heavy atom. The summed E-state index contributed by atoms with van der Waals surface area (Å²) in [7, 11) is 0. The molecule has 0 fully saturated rings. The molecule has 100 valence electrons. The lowest BCUT2D eigenvalue weighted by molar-refractivity contribution is 0.112. The first-order valence-corrected chi connectivity index (χ1v) is 7.01. The Kier molecular flexibility index (Phi) is 6.48. The predicted octanol–water partition coefficient (Wildman–Crippen LogP) is 4.67. The molecule has 18 heavy (non-hydrogen) atoms. The van der Waals surface area contributed by atoms with Gasteiger partial charge in [0.2, 0.25) is 0 Å². The van der Waals surface area contributed by atoms with Crippen LogP contribution in [-0.2, 0) is 0 Å². The van der Waals surface area contributed by atoms with Crippen LogP contribution >= 0.6 is 0 Å². The second-order valence-corrected chi connectivity index (χ2v) is 4.89. The molecule has 1 aromatic rings. The van der Waals surface area contributed by atoms with Gasteiger partial charge in [0.1, 0.15) is 5.75 Å². The number of phenolic OH excluding ortho intramolecular Hbond substituents is 1. The van der Waals surface area contributed by atoms with E-state index in [1.807, 2.05) is 12.1 Å². The van der Waals surface area contributed by atoms with Crippen molar-refractivity contribution < 1.29 is 9.90 Å². The lowest BCUT2D eigenvalue weighted by Crippen LogP contribution is -1.99. The predicted molar refractivity (Wildman–Crippen MR) is 75.3 cm³/mol. The van der Waals surface area contributed by atoms with Gasteiger partial charge in [0, 0.05) is 0 Å². The van der Waals surface area contributed by atoms with Crippen LogP contribution in [0.25, 0.3) is 0 Å². The lowest BCUT2D eigenvalue weighted by Gasteiger charge is -2.16. The van der Waals surface area contributed by atoms with E-state index in [0.29, 0.717) is 11.5 Å². The van der Waals surface area contributed by atoms with Gasteiger partial charge in [-0.2, -0.15) is 0 Å². The number of hydrogen-bond acceptors (Lipinski definition) is 2. The number of benzene rings is 1. The first kappa shape index (κ1) is 14.7. The molecule has 0 spiro atoms. The fourth-order valence-electron chi connectivity index (χ4n) is 2.35. The summed E-state index contributed by atoms with van der Waals surface area (Å²) in [6.07, 6.45) is 8.05. The highest BCUT2D eigenvalue weighted by Crippen LogP contribution is 2.28. The zero-order chi connectivity index (χ0) is 13.4. The number of carbonyl (C=O) groups is 1. The minimum Gasteiger partial charge on any atom is -0.507 e. The summed E-state index contributed by atoms with van der Waals surface area (Å²) in [5.74, 6) is 0.579. The maximum absolute atomic E-state index is 10.8. The fraction of sp³-hybridized carbons (Fsp3) is 0.562. The van der Waals surface area contributed by atoms with E-state index >= 15 is 0 Å². The number of aldehydes is 1. The summed E-state index contributed by atoms with van der Waals surface area (Å²) in [4.78, 5) is 10.8. The van der Waals surface area contributed by atoms with E-state index in [1.165, 1.54) is 37.7 Å². The first-order valence-electron chi connectivity index (χ1n) is 7.01. The Labute approximate surface area is 110 Å². The van der Waals surface area contributed by atoms with Gasteiger partial charge in [-0.1, -0.05) is 45.6 Å². The smallest absolute Gasteiger partial charge is 0.153 e. The van der Waals surface area contributed by atoms with Crippen molar-refractivity contribution in [3.8, 4) is 5.75 Å². The van der Waals surface area contributed by atoms with Crippen LogP contribution < -0.4 is 0 Å². The number of phenols is 1. The maximum Gasteiger partial charge on any atom is 0.153 e. The normalized spacial score (nSPS) is 12.3. The maximum atomic E-state index is 10.8. The highest BCUT2D eigenvalue weighted by atomic mass is 16.3. The average molecular weight is 248 g/mol. The number of hydrogen-bond donors (Lipinski definition) is 1. The van der Waals surface area contributed by atoms with Crippen molar-refractivity contribution in [1.29, 1.82) is 0 Å². The van der Waals surface area contributed by atoms with Crippen molar-refractivity contribution in [2.45, 2.75) is 58.3 Å². The van der Waals surface area contributed by atoms with Crippen LogP contribution in [0.1, 0.15) is 74.2 Å². The summed E-state index contributed by atoms with van der Waals surface area (Å²) in [6.45, 7) is 4.39. The van der Waals surface area contributed by atoms with Crippen LogP contribution in [0.2, 0.25) is 0 Å². The molecule has 0 aromatic heterocycles. The summed E-state index contributed by atoms with van der Waals surface area (Å²) >= 11 is 0. The van der Waals surface area contributed by atoms with E-state index < -0.39 is 0 Å². The molecule has 0 amide bonds. The molecular formula is C16H24O2. The van der Waals surface area contributed by atoms with Crippen molar-refractivity contribution >= 4 is 6.29 Å². The summed E-state index contributed by atoms with van der Waals surface area (Å²) < 4.78 is 0. The molecular weight excluding hydrogens is 224 g/mol. The molecule has 1 aromatic carbocycles. The van der Waals surface area contributed by atoms with Crippen LogP contribution in [-0.4, -0.2) is 11.4 Å². The first-order chi connectivity index (χ1) is 8.72. The fourth-order valence-corrected chi connectivity index (χ4v) is 2.35. The Morgan fingerprint density at radius 2 is 2.00 bits per heavy atom. The van der Waals surface area contributed by atoms with Gasteiger partial charge in [0.15, 0.2) is 6.29 Å². The zero-order valence-electron chi connectivity index (χ0n) is 11.5. The van der Waals surface area contributed by atoms with Gasteiger partial charge < -0.3 is 5.11 Å². The van der Waals surface area contributed by atoms with Gasteiger partial charge in [-0.05, 0) is 36.5 Å². The minimum absolute atomic E-state index is 0.0783. The van der Waals surface area contributed by atoms with Crippen LogP contribution in [0.4, 0.5) is 0 Å². The molecule has 0 aliphatic carbocycles. The van der Waals surface area contributed by atoms with Crippen LogP contribution in [0.3, 0.4) is 0 Å². The lowest BCUT2D eigenvalue weighted by atomic mass is 9.90. The monoisotopic (exact) mass is 248 g/mol. The van der Waals surface area contributed by atoms with Gasteiger partial charge in [-0.3, -0.25) is 4.79 Å². The van der Waals surface area contributed by atoms with Crippen LogP contribution in [0, 0.1) is 0 Å². The molecule has 0 saturated heterocycles. The molecule has 1 atom stereocenters. The third-order valence-corrected chi connectivity index (χ3v) is 3.55. The number of rotatable bonds is 8. The Balaban J connectivity index is 2.66. The van der Waals surface area contributed by atoms with Crippen molar-refractivity contribution in [3.63, 3.8) is 0 Å². The van der Waals surface area contributed by atoms with E-state index in [9.17, 15) is 9.90 Å². The molecule has 0 aliphatic rings. The third kappa shape index (κ3) is 4.17. The van der Waals surface area contributed by atoms with Crippen molar-refractivity contribution in [2.24, 2.45) is 0 Å². The van der Waals surface area contributed by atoms with E-state index in [1.54, 1.807) is 6.07 Å². The molecule has 0 aliphatic heterocycles. The number of carbonyl (C=O) groups excluding carboxylic acids is 1. The second kappa shape index (κ2) is 7.91. The SMILES string of the molecule is CCCCCCC(CC)c1ccc(O)c(C=O)c1. The van der Waals surface area contributed by atoms with Gasteiger partial charge >= 0.3 is 0 Å². The molecule has 1 rings (SSSR count). The molecule has 0 heterocycles. The van der Waals surface area contributed by atoms with E-state index in [2.05, 4.69) is 13.8 Å². The topological polar surface area (TPSA) is 37.3 Å². The molecule has 0 saturated carbocycles. The number of aromatic hydroxyl groups is 1. The highest BCUT2D eigenvalue weighted by molar-refractivity contribution is 5.79. The molecule has 0 radical (unpaired) electrons. The molecule has 0 bridgehead atoms. The van der Waals surface area contributed by atoms with Gasteiger partial charge in [-0.15, -0.1) is 0 Å². The molecule has 2 heteroatoms. The van der Waals surface area contributed by atoms with E-state index in [0.717, 1.165) is 12.7 Å². The van der Waals surface area contributed by atoms with Crippen molar-refractivity contribution in [2.75, 3.05) is 0 Å². The number of unbranched alkanes of at least 4 members (excludes halogenated alkanes) is 3. The van der Waals surface area contributed by atoms with Crippen LogP contribution in [0.5, 0.6) is 5.75 Å². The van der Waals surface area contributed by atoms with E-state index in [-0.39, 0.29) is 5.75 Å². The summed E-state index contributed by atoms with van der Waals surface area (Å²) in [5, 5.41) is 9.50. The molecule has 2 nitrogen and oxygen atoms in total. The van der Waals surface area contributed by atoms with Gasteiger partial charge in [0.05, 0.1) is 5.56 Å². The van der Waals surface area contributed by atoms with Crippen molar-refractivity contribution in [1.82, 2.24) is 0 Å². The quantitative estimate of drug-likeness (QED) is 0.536.